The highest BCUT2D eigenvalue weighted by atomic mass is 32.2. The minimum atomic E-state index is -0.509. The fourth-order valence-corrected chi connectivity index (χ4v) is 3.74. The molecule has 0 fully saturated rings. The zero-order valence-corrected chi connectivity index (χ0v) is 12.9. The van der Waals surface area contributed by atoms with E-state index in [0.717, 1.165) is 21.2 Å². The van der Waals surface area contributed by atoms with Crippen molar-refractivity contribution in [3.05, 3.63) is 84.2 Å². The molecule has 0 aromatic heterocycles. The average Bonchev–Trinajstić information content (AvgIpc) is 2.59. The van der Waals surface area contributed by atoms with Gasteiger partial charge in [0, 0.05) is 9.79 Å². The van der Waals surface area contributed by atoms with E-state index in [1.807, 2.05) is 48.5 Å². The molecule has 4 rings (SSSR count). The first-order valence-electron chi connectivity index (χ1n) is 7.20. The molecule has 0 saturated heterocycles. The van der Waals surface area contributed by atoms with Crippen LogP contribution in [-0.2, 0) is 0 Å². The van der Waals surface area contributed by atoms with Crippen molar-refractivity contribution in [2.24, 2.45) is 0 Å². The normalized spacial score (nSPS) is 12.5. The van der Waals surface area contributed by atoms with E-state index in [1.54, 1.807) is 28.8 Å². The summed E-state index contributed by atoms with van der Waals surface area (Å²) in [6.45, 7) is 0. The number of rotatable bonds is 1. The van der Waals surface area contributed by atoms with Gasteiger partial charge in [-0.3, -0.25) is 9.69 Å². The van der Waals surface area contributed by atoms with Crippen molar-refractivity contribution in [2.45, 2.75) is 9.79 Å². The van der Waals surface area contributed by atoms with Gasteiger partial charge in [-0.25, -0.2) is 4.39 Å². The highest BCUT2D eigenvalue weighted by Gasteiger charge is 2.29. The lowest BCUT2D eigenvalue weighted by Crippen LogP contribution is -2.29. The van der Waals surface area contributed by atoms with Crippen LogP contribution >= 0.6 is 11.8 Å². The molecule has 1 heterocycles. The maximum atomic E-state index is 14.1. The Balaban J connectivity index is 1.91. The quantitative estimate of drug-likeness (QED) is 0.608. The van der Waals surface area contributed by atoms with Crippen LogP contribution in [0, 0.1) is 5.82 Å². The summed E-state index contributed by atoms with van der Waals surface area (Å²) in [6.07, 6.45) is 0. The number of carbonyl (C=O) groups excluding carboxylic acids is 1. The molecule has 2 nitrogen and oxygen atoms in total. The first-order chi connectivity index (χ1) is 11.3. The second-order valence-corrected chi connectivity index (χ2v) is 6.24. The number of amides is 1. The lowest BCUT2D eigenvalue weighted by Gasteiger charge is -2.31. The molecule has 3 aromatic rings. The van der Waals surface area contributed by atoms with Gasteiger partial charge in [-0.15, -0.1) is 0 Å². The Labute approximate surface area is 137 Å². The Morgan fingerprint density at radius 2 is 1.30 bits per heavy atom. The van der Waals surface area contributed by atoms with E-state index in [0.29, 0.717) is 0 Å². The summed E-state index contributed by atoms with van der Waals surface area (Å²) in [5, 5.41) is 0. The summed E-state index contributed by atoms with van der Waals surface area (Å²) >= 11 is 1.62. The van der Waals surface area contributed by atoms with Crippen molar-refractivity contribution >= 4 is 29.0 Å². The molecule has 23 heavy (non-hydrogen) atoms. The van der Waals surface area contributed by atoms with Crippen molar-refractivity contribution in [3.63, 3.8) is 0 Å². The van der Waals surface area contributed by atoms with Gasteiger partial charge in [-0.05, 0) is 36.4 Å². The van der Waals surface area contributed by atoms with Gasteiger partial charge in [0.15, 0.2) is 0 Å². The standard InChI is InChI=1S/C19H12FNOS/c20-14-8-2-1-7-13(14)19(22)21-15-9-3-5-11-17(15)23-18-12-6-4-10-16(18)21/h1-12H. The number of para-hydroxylation sites is 2. The fraction of sp³-hybridized carbons (Fsp3) is 0. The van der Waals surface area contributed by atoms with Gasteiger partial charge in [0.25, 0.3) is 5.91 Å². The minimum absolute atomic E-state index is 0.0732. The van der Waals surface area contributed by atoms with Gasteiger partial charge in [0.1, 0.15) is 5.82 Å². The van der Waals surface area contributed by atoms with E-state index >= 15 is 0 Å². The van der Waals surface area contributed by atoms with Crippen LogP contribution in [0.1, 0.15) is 10.4 Å². The maximum Gasteiger partial charge on any atom is 0.265 e. The zero-order valence-electron chi connectivity index (χ0n) is 12.1. The highest BCUT2D eigenvalue weighted by Crippen LogP contribution is 2.48. The molecular weight excluding hydrogens is 309 g/mol. The van der Waals surface area contributed by atoms with Crippen LogP contribution in [-0.4, -0.2) is 5.91 Å². The summed E-state index contributed by atoms with van der Waals surface area (Å²) in [4.78, 5) is 16.6. The highest BCUT2D eigenvalue weighted by molar-refractivity contribution is 7.99. The van der Waals surface area contributed by atoms with Crippen molar-refractivity contribution < 1.29 is 9.18 Å². The fourth-order valence-electron chi connectivity index (χ4n) is 2.68. The minimum Gasteiger partial charge on any atom is -0.275 e. The number of halogens is 1. The molecule has 0 unspecified atom stereocenters. The van der Waals surface area contributed by atoms with Gasteiger partial charge in [0.2, 0.25) is 0 Å². The van der Waals surface area contributed by atoms with Crippen LogP contribution < -0.4 is 4.90 Å². The van der Waals surface area contributed by atoms with E-state index in [4.69, 9.17) is 0 Å². The number of benzene rings is 3. The van der Waals surface area contributed by atoms with E-state index in [-0.39, 0.29) is 11.5 Å². The van der Waals surface area contributed by atoms with E-state index in [1.165, 1.54) is 12.1 Å². The molecule has 0 N–H and O–H groups in total. The molecule has 3 aromatic carbocycles. The third-order valence-electron chi connectivity index (χ3n) is 3.74. The monoisotopic (exact) mass is 321 g/mol. The summed E-state index contributed by atoms with van der Waals surface area (Å²) < 4.78 is 14.1. The molecular formula is C19H12FNOS. The van der Waals surface area contributed by atoms with E-state index < -0.39 is 5.82 Å². The number of nitrogens with zero attached hydrogens (tertiary/aromatic N) is 1. The Kier molecular flexibility index (Phi) is 3.39. The Morgan fingerprint density at radius 1 is 0.783 bits per heavy atom. The first-order valence-corrected chi connectivity index (χ1v) is 8.02. The lowest BCUT2D eigenvalue weighted by atomic mass is 10.1. The van der Waals surface area contributed by atoms with Crippen LogP contribution in [0.2, 0.25) is 0 Å². The van der Waals surface area contributed by atoms with Crippen molar-refractivity contribution in [3.8, 4) is 0 Å². The second kappa shape index (κ2) is 5.56. The van der Waals surface area contributed by atoms with Gasteiger partial charge >= 0.3 is 0 Å². The van der Waals surface area contributed by atoms with Gasteiger partial charge < -0.3 is 0 Å². The van der Waals surface area contributed by atoms with Crippen molar-refractivity contribution in [2.75, 3.05) is 4.90 Å². The van der Waals surface area contributed by atoms with Crippen LogP contribution in [0.15, 0.2) is 82.6 Å². The smallest absolute Gasteiger partial charge is 0.265 e. The van der Waals surface area contributed by atoms with Crippen LogP contribution in [0.25, 0.3) is 0 Å². The number of fused-ring (bicyclic) bond motifs is 2. The van der Waals surface area contributed by atoms with Gasteiger partial charge in [-0.2, -0.15) is 0 Å². The Hall–Kier alpha value is -2.59. The molecule has 4 heteroatoms. The summed E-state index contributed by atoms with van der Waals surface area (Å²) in [5.41, 5.74) is 1.64. The number of carbonyl (C=O) groups is 1. The molecule has 1 aliphatic rings. The predicted octanol–water partition coefficient (Wildman–Crippen LogP) is 5.27. The molecule has 1 aliphatic heterocycles. The third kappa shape index (κ3) is 2.32. The van der Waals surface area contributed by atoms with Gasteiger partial charge in [0.05, 0.1) is 16.9 Å². The molecule has 0 spiro atoms. The molecule has 0 radical (unpaired) electrons. The van der Waals surface area contributed by atoms with Crippen LogP contribution in [0.3, 0.4) is 0 Å². The molecule has 0 saturated carbocycles. The summed E-state index contributed by atoms with van der Waals surface area (Å²) in [5.74, 6) is -0.867. The SMILES string of the molecule is O=C(c1ccccc1F)N1c2ccccc2Sc2ccccc21. The molecule has 1 amide bonds. The zero-order chi connectivity index (χ0) is 15.8. The predicted molar refractivity (Wildman–Crippen MR) is 89.9 cm³/mol. The van der Waals surface area contributed by atoms with E-state index in [9.17, 15) is 9.18 Å². The van der Waals surface area contributed by atoms with Crippen molar-refractivity contribution in [1.82, 2.24) is 0 Å². The first kappa shape index (κ1) is 14.0. The topological polar surface area (TPSA) is 20.3 Å². The summed E-state index contributed by atoms with van der Waals surface area (Å²) in [6, 6.07) is 21.4. The lowest BCUT2D eigenvalue weighted by molar-refractivity contribution is 0.0994. The number of hydrogen-bond acceptors (Lipinski definition) is 2. The summed E-state index contributed by atoms with van der Waals surface area (Å²) in [7, 11) is 0. The molecule has 0 atom stereocenters. The second-order valence-electron chi connectivity index (χ2n) is 5.16. The Morgan fingerprint density at radius 3 is 1.91 bits per heavy atom. The third-order valence-corrected chi connectivity index (χ3v) is 4.87. The molecule has 0 aliphatic carbocycles. The van der Waals surface area contributed by atoms with Gasteiger partial charge in [-0.1, -0.05) is 48.2 Å². The van der Waals surface area contributed by atoms with Crippen LogP contribution in [0.4, 0.5) is 15.8 Å². The number of anilines is 2. The van der Waals surface area contributed by atoms with E-state index in [2.05, 4.69) is 0 Å². The maximum absolute atomic E-state index is 14.1. The molecule has 0 bridgehead atoms. The average molecular weight is 321 g/mol. The molecule has 112 valence electrons. The van der Waals surface area contributed by atoms with Crippen molar-refractivity contribution in [1.29, 1.82) is 0 Å². The number of hydrogen-bond donors (Lipinski definition) is 0. The van der Waals surface area contributed by atoms with Crippen LogP contribution in [0.5, 0.6) is 0 Å². The largest absolute Gasteiger partial charge is 0.275 e. The Bertz CT molecular complexity index is 864.